The monoisotopic (exact) mass is 529 g/mol. The molecule has 37 heavy (non-hydrogen) atoms. The number of anilines is 2. The Morgan fingerprint density at radius 1 is 1.05 bits per heavy atom. The lowest BCUT2D eigenvalue weighted by Crippen LogP contribution is -2.30. The maximum atomic E-state index is 12.3. The molecular weight excluding hydrogens is 502 g/mol. The van der Waals surface area contributed by atoms with Crippen LogP contribution in [0.15, 0.2) is 85.2 Å². The number of nitrogens with zero attached hydrogens (tertiary/aromatic N) is 3. The third-order valence-corrected chi connectivity index (χ3v) is 7.09. The molecule has 1 saturated heterocycles. The fourth-order valence-corrected chi connectivity index (χ4v) is 5.18. The van der Waals surface area contributed by atoms with E-state index < -0.39 is 0 Å². The van der Waals surface area contributed by atoms with Crippen LogP contribution >= 0.6 is 23.8 Å². The number of halogens is 1. The van der Waals surface area contributed by atoms with Crippen LogP contribution in [0.5, 0.6) is 0 Å². The van der Waals surface area contributed by atoms with Gasteiger partial charge in [0.2, 0.25) is 5.91 Å². The van der Waals surface area contributed by atoms with Crippen LogP contribution in [-0.2, 0) is 4.79 Å². The average molecular weight is 530 g/mol. The maximum absolute atomic E-state index is 12.3. The molecule has 1 amide bonds. The molecule has 0 radical (unpaired) electrons. The minimum Gasteiger partial charge on any atom is -0.351 e. The van der Waals surface area contributed by atoms with Crippen molar-refractivity contribution in [2.75, 3.05) is 10.2 Å². The van der Waals surface area contributed by atoms with Gasteiger partial charge >= 0.3 is 0 Å². The van der Waals surface area contributed by atoms with Gasteiger partial charge in [0.25, 0.3) is 0 Å². The van der Waals surface area contributed by atoms with Crippen LogP contribution in [0.2, 0.25) is 5.02 Å². The van der Waals surface area contributed by atoms with E-state index in [2.05, 4.69) is 37.2 Å². The van der Waals surface area contributed by atoms with Crippen LogP contribution in [0.3, 0.4) is 0 Å². The van der Waals surface area contributed by atoms with E-state index >= 15 is 0 Å². The first-order valence-corrected chi connectivity index (χ1v) is 13.0. The minimum absolute atomic E-state index is 0.0124. The van der Waals surface area contributed by atoms with E-state index in [1.807, 2.05) is 87.6 Å². The predicted molar refractivity (Wildman–Crippen MR) is 153 cm³/mol. The number of hydrogen-bond acceptors (Lipinski definition) is 3. The first kappa shape index (κ1) is 25.0. The SMILES string of the molecule is Cc1cc(N2C(=S)N[C@@H](c3ccccn3)[C@@H]2c2cccn2-c2cccc(Cl)c2)ccc1NC(=O)C(C)C. The van der Waals surface area contributed by atoms with Gasteiger partial charge in [0, 0.05) is 46.1 Å². The van der Waals surface area contributed by atoms with Crippen molar-refractivity contribution in [3.8, 4) is 5.69 Å². The van der Waals surface area contributed by atoms with Crippen molar-refractivity contribution >= 4 is 46.2 Å². The lowest BCUT2D eigenvalue weighted by atomic mass is 10.00. The summed E-state index contributed by atoms with van der Waals surface area (Å²) in [7, 11) is 0. The lowest BCUT2D eigenvalue weighted by molar-refractivity contribution is -0.118. The van der Waals surface area contributed by atoms with E-state index in [0.29, 0.717) is 10.1 Å². The molecule has 6 nitrogen and oxygen atoms in total. The Morgan fingerprint density at radius 3 is 2.59 bits per heavy atom. The molecule has 2 aromatic heterocycles. The average Bonchev–Trinajstić information content (AvgIpc) is 3.50. The Kier molecular flexibility index (Phi) is 7.00. The van der Waals surface area contributed by atoms with Gasteiger partial charge in [-0.1, -0.05) is 37.6 Å². The van der Waals surface area contributed by atoms with Gasteiger partial charge in [-0.25, -0.2) is 0 Å². The molecule has 0 spiro atoms. The normalized spacial score (nSPS) is 17.2. The fourth-order valence-electron chi connectivity index (χ4n) is 4.64. The molecule has 1 fully saturated rings. The highest BCUT2D eigenvalue weighted by Gasteiger charge is 2.42. The number of rotatable bonds is 6. The third-order valence-electron chi connectivity index (χ3n) is 6.54. The zero-order chi connectivity index (χ0) is 26.1. The second-order valence-corrected chi connectivity index (χ2v) is 10.2. The van der Waals surface area contributed by atoms with E-state index in [0.717, 1.165) is 34.0 Å². The molecule has 0 saturated carbocycles. The number of aromatic nitrogens is 2. The van der Waals surface area contributed by atoms with Crippen molar-refractivity contribution in [3.05, 3.63) is 107 Å². The van der Waals surface area contributed by atoms with Crippen molar-refractivity contribution in [1.82, 2.24) is 14.9 Å². The van der Waals surface area contributed by atoms with Gasteiger partial charge in [-0.05, 0) is 85.4 Å². The van der Waals surface area contributed by atoms with Gasteiger partial charge in [-0.3, -0.25) is 9.78 Å². The van der Waals surface area contributed by atoms with E-state index in [1.165, 1.54) is 0 Å². The van der Waals surface area contributed by atoms with Crippen molar-refractivity contribution in [1.29, 1.82) is 0 Å². The Bertz CT molecular complexity index is 1450. The zero-order valence-corrected chi connectivity index (χ0v) is 22.4. The van der Waals surface area contributed by atoms with Crippen LogP contribution < -0.4 is 15.5 Å². The Labute approximate surface area is 227 Å². The standard InChI is InChI=1S/C29H28ClN5OS/c1-18(2)28(36)32-23-13-12-22(16-19(23)3)35-27(26(33-29(35)37)24-10-4-5-14-31-24)25-11-7-15-34(25)21-9-6-8-20(30)17-21/h4-18,26-27H,1-3H3,(H,32,36)(H,33,37)/t26-,27-/m0/s1. The molecular formula is C29H28ClN5OS. The number of carbonyl (C=O) groups excluding carboxylic acids is 1. The first-order chi connectivity index (χ1) is 17.8. The first-order valence-electron chi connectivity index (χ1n) is 12.2. The molecule has 4 aromatic rings. The predicted octanol–water partition coefficient (Wildman–Crippen LogP) is 6.61. The summed E-state index contributed by atoms with van der Waals surface area (Å²) in [5, 5.41) is 7.81. The van der Waals surface area contributed by atoms with E-state index in [4.69, 9.17) is 23.8 Å². The highest BCUT2D eigenvalue weighted by molar-refractivity contribution is 7.80. The summed E-state index contributed by atoms with van der Waals surface area (Å²) < 4.78 is 2.14. The summed E-state index contributed by atoms with van der Waals surface area (Å²) >= 11 is 12.2. The van der Waals surface area contributed by atoms with Crippen LogP contribution in [0.4, 0.5) is 11.4 Å². The molecule has 0 unspecified atom stereocenters. The van der Waals surface area contributed by atoms with Crippen LogP contribution in [0.25, 0.3) is 5.69 Å². The Morgan fingerprint density at radius 2 is 1.89 bits per heavy atom. The molecule has 8 heteroatoms. The summed E-state index contributed by atoms with van der Waals surface area (Å²) in [5.74, 6) is -0.112. The zero-order valence-electron chi connectivity index (χ0n) is 20.9. The molecule has 2 atom stereocenters. The van der Waals surface area contributed by atoms with Crippen molar-refractivity contribution in [2.45, 2.75) is 32.9 Å². The second-order valence-electron chi connectivity index (χ2n) is 9.42. The summed E-state index contributed by atoms with van der Waals surface area (Å²) in [4.78, 5) is 19.1. The summed E-state index contributed by atoms with van der Waals surface area (Å²) in [5.41, 5.74) is 5.59. The molecule has 5 rings (SSSR count). The molecule has 188 valence electrons. The Hall–Kier alpha value is -3.68. The number of thiocarbonyl (C=S) groups is 1. The number of pyridine rings is 1. The van der Waals surface area contributed by atoms with E-state index in [9.17, 15) is 4.79 Å². The number of nitrogens with one attached hydrogen (secondary N) is 2. The molecule has 0 bridgehead atoms. The van der Waals surface area contributed by atoms with Gasteiger partial charge in [0.05, 0.1) is 11.7 Å². The third kappa shape index (κ3) is 4.97. The van der Waals surface area contributed by atoms with E-state index in [-0.39, 0.29) is 23.9 Å². The smallest absolute Gasteiger partial charge is 0.226 e. The fraction of sp³-hybridized carbons (Fsp3) is 0.207. The molecule has 0 aliphatic carbocycles. The summed E-state index contributed by atoms with van der Waals surface area (Å²) in [6, 6.07) is 23.5. The second kappa shape index (κ2) is 10.4. The number of aryl methyl sites for hydroxylation is 1. The highest BCUT2D eigenvalue weighted by Crippen LogP contribution is 2.43. The molecule has 2 N–H and O–H groups in total. The molecule has 1 aliphatic heterocycles. The van der Waals surface area contributed by atoms with Crippen LogP contribution in [0, 0.1) is 12.8 Å². The topological polar surface area (TPSA) is 62.2 Å². The molecule has 1 aliphatic rings. The highest BCUT2D eigenvalue weighted by atomic mass is 35.5. The number of hydrogen-bond donors (Lipinski definition) is 2. The van der Waals surface area contributed by atoms with Gasteiger partial charge in [-0.15, -0.1) is 0 Å². The van der Waals surface area contributed by atoms with E-state index in [1.54, 1.807) is 6.20 Å². The van der Waals surface area contributed by atoms with Gasteiger partial charge in [0.1, 0.15) is 6.04 Å². The van der Waals surface area contributed by atoms with Crippen LogP contribution in [0.1, 0.15) is 42.9 Å². The number of benzene rings is 2. The summed E-state index contributed by atoms with van der Waals surface area (Å²) in [6.45, 7) is 5.75. The molecule has 2 aromatic carbocycles. The van der Waals surface area contributed by atoms with Crippen molar-refractivity contribution in [3.63, 3.8) is 0 Å². The number of carbonyl (C=O) groups is 1. The van der Waals surface area contributed by atoms with Crippen molar-refractivity contribution in [2.24, 2.45) is 5.92 Å². The van der Waals surface area contributed by atoms with Gasteiger partial charge in [0.15, 0.2) is 5.11 Å². The minimum atomic E-state index is -0.188. The molecule has 3 heterocycles. The Balaban J connectivity index is 1.60. The largest absolute Gasteiger partial charge is 0.351 e. The van der Waals surface area contributed by atoms with Gasteiger partial charge < -0.3 is 20.1 Å². The maximum Gasteiger partial charge on any atom is 0.226 e. The van der Waals surface area contributed by atoms with Crippen LogP contribution in [-0.4, -0.2) is 20.6 Å². The van der Waals surface area contributed by atoms with Gasteiger partial charge in [-0.2, -0.15) is 0 Å². The van der Waals surface area contributed by atoms with Crippen molar-refractivity contribution < 1.29 is 4.79 Å². The quantitative estimate of drug-likeness (QED) is 0.275. The summed E-state index contributed by atoms with van der Waals surface area (Å²) in [6.07, 6.45) is 3.83. The number of amides is 1. The lowest BCUT2D eigenvalue weighted by Gasteiger charge is -2.29.